The Bertz CT molecular complexity index is 756. The van der Waals surface area contributed by atoms with Crippen LogP contribution in [0.5, 0.6) is 0 Å². The number of amides is 2. The van der Waals surface area contributed by atoms with Crippen LogP contribution in [0.4, 0.5) is 10.6 Å². The molecule has 2 aromatic heterocycles. The number of carbonyl (C=O) groups is 2. The second-order valence-electron chi connectivity index (χ2n) is 5.45. The average Bonchev–Trinajstić information content (AvgIpc) is 3.00. The fourth-order valence-corrected chi connectivity index (χ4v) is 3.67. The number of hydrogen-bond donors (Lipinski definition) is 3. The van der Waals surface area contributed by atoms with E-state index in [1.165, 1.54) is 17.7 Å². The Morgan fingerprint density at radius 3 is 2.71 bits per heavy atom. The molecule has 0 aromatic carbocycles. The van der Waals surface area contributed by atoms with Crippen molar-refractivity contribution in [3.05, 3.63) is 17.3 Å². The Hall–Kier alpha value is -2.46. The van der Waals surface area contributed by atoms with Crippen molar-refractivity contribution in [3.63, 3.8) is 0 Å². The predicted octanol–water partition coefficient (Wildman–Crippen LogP) is 0.180. The molecule has 0 unspecified atom stereocenters. The van der Waals surface area contributed by atoms with Crippen LogP contribution >= 0.6 is 11.3 Å². The van der Waals surface area contributed by atoms with Crippen molar-refractivity contribution in [2.45, 2.75) is 0 Å². The largest absolute Gasteiger partial charge is 0.465 e. The molecule has 9 nitrogen and oxygen atoms in total. The maximum atomic E-state index is 11.4. The fourth-order valence-electron chi connectivity index (χ4n) is 2.69. The minimum absolute atomic E-state index is 0.417. The first-order valence-corrected chi connectivity index (χ1v) is 8.34. The zero-order chi connectivity index (χ0) is 17.1. The molecule has 1 fully saturated rings. The van der Waals surface area contributed by atoms with Crippen LogP contribution in [0, 0.1) is 0 Å². The third-order valence-electron chi connectivity index (χ3n) is 3.91. The zero-order valence-electron chi connectivity index (χ0n) is 12.9. The van der Waals surface area contributed by atoms with E-state index in [9.17, 15) is 9.59 Å². The molecular weight excluding hydrogens is 332 g/mol. The van der Waals surface area contributed by atoms with Crippen molar-refractivity contribution >= 4 is 39.4 Å². The van der Waals surface area contributed by atoms with Crippen LogP contribution in [-0.2, 0) is 0 Å². The molecule has 2 amide bonds. The number of hydrogen-bond acceptors (Lipinski definition) is 7. The van der Waals surface area contributed by atoms with E-state index in [2.05, 4.69) is 25.1 Å². The Morgan fingerprint density at radius 2 is 2.04 bits per heavy atom. The summed E-state index contributed by atoms with van der Waals surface area (Å²) in [5.74, 6) is 0.362. The lowest BCUT2D eigenvalue weighted by atomic mass is 10.3. The lowest BCUT2D eigenvalue weighted by Crippen LogP contribution is -2.48. The first-order chi connectivity index (χ1) is 11.5. The van der Waals surface area contributed by atoms with E-state index < -0.39 is 12.0 Å². The molecule has 128 valence electrons. The monoisotopic (exact) mass is 350 g/mol. The van der Waals surface area contributed by atoms with E-state index in [1.54, 1.807) is 6.07 Å². The Balaban J connectivity index is 1.67. The van der Waals surface area contributed by atoms with Gasteiger partial charge in [-0.1, -0.05) is 0 Å². The van der Waals surface area contributed by atoms with Crippen molar-refractivity contribution in [1.82, 2.24) is 20.2 Å². The maximum absolute atomic E-state index is 11.4. The van der Waals surface area contributed by atoms with E-state index in [-0.39, 0.29) is 0 Å². The Kier molecular flexibility index (Phi) is 4.76. The summed E-state index contributed by atoms with van der Waals surface area (Å²) in [4.78, 5) is 35.3. The summed E-state index contributed by atoms with van der Waals surface area (Å²) in [6.07, 6.45) is 0.498. The van der Waals surface area contributed by atoms with E-state index in [4.69, 9.17) is 10.8 Å². The third-order valence-corrected chi connectivity index (χ3v) is 5.05. The molecule has 1 saturated heterocycles. The number of nitrogens with one attached hydrogen (secondary N) is 1. The zero-order valence-corrected chi connectivity index (χ0v) is 13.8. The summed E-state index contributed by atoms with van der Waals surface area (Å²) in [6, 6.07) is 1.70. The van der Waals surface area contributed by atoms with Crippen molar-refractivity contribution in [3.8, 4) is 0 Å². The van der Waals surface area contributed by atoms with Crippen LogP contribution in [0.2, 0.25) is 0 Å². The summed E-state index contributed by atoms with van der Waals surface area (Å²) in [5.41, 5.74) is 6.08. The number of carbonyl (C=O) groups excluding carboxylic acids is 1. The molecule has 1 aliphatic heterocycles. The Morgan fingerprint density at radius 1 is 1.29 bits per heavy atom. The van der Waals surface area contributed by atoms with Gasteiger partial charge < -0.3 is 21.1 Å². The van der Waals surface area contributed by atoms with Gasteiger partial charge in [-0.2, -0.15) is 0 Å². The molecule has 2 aromatic rings. The van der Waals surface area contributed by atoms with E-state index in [1.807, 2.05) is 0 Å². The summed E-state index contributed by atoms with van der Waals surface area (Å²) < 4.78 is 0.868. The molecule has 3 heterocycles. The molecular formula is C14H18N6O3S. The van der Waals surface area contributed by atoms with Crippen molar-refractivity contribution in [1.29, 1.82) is 0 Å². The van der Waals surface area contributed by atoms with Gasteiger partial charge in [-0.05, 0) is 6.07 Å². The van der Waals surface area contributed by atoms with Gasteiger partial charge in [0.1, 0.15) is 12.1 Å². The number of nitrogens with zero attached hydrogens (tertiary/aromatic N) is 4. The van der Waals surface area contributed by atoms with E-state index in [0.29, 0.717) is 18.0 Å². The molecule has 4 N–H and O–H groups in total. The molecule has 3 rings (SSSR count). The third kappa shape index (κ3) is 3.54. The van der Waals surface area contributed by atoms with Gasteiger partial charge in [0.2, 0.25) is 0 Å². The molecule has 10 heteroatoms. The van der Waals surface area contributed by atoms with Crippen molar-refractivity contribution < 1.29 is 14.7 Å². The number of thiophene rings is 1. The smallest absolute Gasteiger partial charge is 0.404 e. The molecule has 0 atom stereocenters. The minimum Gasteiger partial charge on any atom is -0.465 e. The first kappa shape index (κ1) is 16.4. The summed E-state index contributed by atoms with van der Waals surface area (Å²) in [6.45, 7) is 4.30. The highest BCUT2D eigenvalue weighted by atomic mass is 32.1. The normalized spacial score (nSPS) is 15.6. The van der Waals surface area contributed by atoms with Crippen LogP contribution in [-0.4, -0.2) is 71.2 Å². The number of primary amides is 1. The van der Waals surface area contributed by atoms with E-state index in [0.717, 1.165) is 42.2 Å². The number of nitrogens with two attached hydrogens (primary N) is 1. The molecule has 0 spiro atoms. The van der Waals surface area contributed by atoms with Gasteiger partial charge in [-0.25, -0.2) is 14.8 Å². The van der Waals surface area contributed by atoms with E-state index >= 15 is 0 Å². The standard InChI is InChI=1S/C14H18N6O3S/c15-12(21)10-7-9-11(24-10)13(18-8-17-9)20-5-3-19(4-6-20)2-1-16-14(22)23/h7-8,16H,1-6H2,(H2,15,21)(H,22,23). The molecule has 1 aliphatic rings. The number of carboxylic acid groups (broad SMARTS) is 1. The lowest BCUT2D eigenvalue weighted by molar-refractivity contribution is 0.100. The van der Waals surface area contributed by atoms with Crippen molar-refractivity contribution in [2.75, 3.05) is 44.2 Å². The van der Waals surface area contributed by atoms with Crippen LogP contribution in [0.15, 0.2) is 12.4 Å². The second-order valence-corrected chi connectivity index (χ2v) is 6.50. The maximum Gasteiger partial charge on any atom is 0.404 e. The summed E-state index contributed by atoms with van der Waals surface area (Å²) in [5, 5.41) is 11.0. The number of piperazine rings is 1. The highest BCUT2D eigenvalue weighted by molar-refractivity contribution is 7.21. The molecule has 0 bridgehead atoms. The molecule has 0 saturated carbocycles. The van der Waals surface area contributed by atoms with Crippen LogP contribution in [0.3, 0.4) is 0 Å². The average molecular weight is 350 g/mol. The molecule has 24 heavy (non-hydrogen) atoms. The first-order valence-electron chi connectivity index (χ1n) is 7.53. The van der Waals surface area contributed by atoms with Crippen LogP contribution in [0.1, 0.15) is 9.67 Å². The summed E-state index contributed by atoms with van der Waals surface area (Å²) in [7, 11) is 0. The lowest BCUT2D eigenvalue weighted by Gasteiger charge is -2.35. The van der Waals surface area contributed by atoms with Gasteiger partial charge in [0, 0.05) is 39.3 Å². The van der Waals surface area contributed by atoms with Gasteiger partial charge in [0.25, 0.3) is 5.91 Å². The fraction of sp³-hybridized carbons (Fsp3) is 0.429. The summed E-state index contributed by atoms with van der Waals surface area (Å²) >= 11 is 1.31. The van der Waals surface area contributed by atoms with Gasteiger partial charge in [0.15, 0.2) is 0 Å². The topological polar surface area (TPSA) is 125 Å². The molecule has 0 radical (unpaired) electrons. The number of rotatable bonds is 5. The predicted molar refractivity (Wildman–Crippen MR) is 90.6 cm³/mol. The highest BCUT2D eigenvalue weighted by Crippen LogP contribution is 2.31. The Labute approximate surface area is 142 Å². The SMILES string of the molecule is NC(=O)c1cc2ncnc(N3CCN(CCNC(=O)O)CC3)c2s1. The van der Waals surface area contributed by atoms with Gasteiger partial charge >= 0.3 is 6.09 Å². The van der Waals surface area contributed by atoms with Crippen LogP contribution in [0.25, 0.3) is 10.2 Å². The highest BCUT2D eigenvalue weighted by Gasteiger charge is 2.21. The minimum atomic E-state index is -1.00. The number of anilines is 1. The van der Waals surface area contributed by atoms with Gasteiger partial charge in [0.05, 0.1) is 15.1 Å². The quantitative estimate of drug-likeness (QED) is 0.702. The van der Waals surface area contributed by atoms with Gasteiger partial charge in [-0.15, -0.1) is 11.3 Å². The van der Waals surface area contributed by atoms with Crippen molar-refractivity contribution in [2.24, 2.45) is 5.73 Å². The van der Waals surface area contributed by atoms with Gasteiger partial charge in [-0.3, -0.25) is 9.69 Å². The van der Waals surface area contributed by atoms with Crippen LogP contribution < -0.4 is 16.0 Å². The number of aromatic nitrogens is 2. The number of fused-ring (bicyclic) bond motifs is 1. The second kappa shape index (κ2) is 6.97. The molecule has 0 aliphatic carbocycles.